The number of nitrogens with zero attached hydrogens (tertiary/aromatic N) is 1. The highest BCUT2D eigenvalue weighted by atomic mass is 32.1. The molecule has 2 rings (SSSR count). The fourth-order valence-electron chi connectivity index (χ4n) is 1.70. The van der Waals surface area contributed by atoms with Gasteiger partial charge in [-0.15, -0.1) is 12.6 Å². The molecule has 3 nitrogen and oxygen atoms in total. The van der Waals surface area contributed by atoms with Crippen LogP contribution in [0.4, 0.5) is 0 Å². The molecule has 0 heterocycles. The number of benzene rings is 1. The van der Waals surface area contributed by atoms with Gasteiger partial charge in [-0.2, -0.15) is 0 Å². The predicted molar refractivity (Wildman–Crippen MR) is 74.2 cm³/mol. The van der Waals surface area contributed by atoms with E-state index >= 15 is 0 Å². The number of thiol groups is 1. The maximum absolute atomic E-state index is 12.1. The van der Waals surface area contributed by atoms with E-state index in [1.807, 2.05) is 18.2 Å². The number of hydrogen-bond donors (Lipinski definition) is 1. The largest absolute Gasteiger partial charge is 0.379 e. The van der Waals surface area contributed by atoms with E-state index in [4.69, 9.17) is 4.74 Å². The fourth-order valence-corrected chi connectivity index (χ4v) is 1.92. The molecule has 0 saturated heterocycles. The Morgan fingerprint density at radius 2 is 2.28 bits per heavy atom. The van der Waals surface area contributed by atoms with Gasteiger partial charge in [-0.3, -0.25) is 4.79 Å². The average molecular weight is 265 g/mol. The van der Waals surface area contributed by atoms with Crippen LogP contribution in [0.25, 0.3) is 0 Å². The Kier molecular flexibility index (Phi) is 4.66. The molecule has 0 unspecified atom stereocenters. The van der Waals surface area contributed by atoms with Gasteiger partial charge in [0.25, 0.3) is 5.91 Å². The highest BCUT2D eigenvalue weighted by Crippen LogP contribution is 2.28. The van der Waals surface area contributed by atoms with Crippen LogP contribution in [-0.2, 0) is 4.74 Å². The lowest BCUT2D eigenvalue weighted by Crippen LogP contribution is -2.30. The molecule has 1 aromatic rings. The van der Waals surface area contributed by atoms with Crippen LogP contribution in [0.2, 0.25) is 0 Å². The van der Waals surface area contributed by atoms with Gasteiger partial charge < -0.3 is 9.64 Å². The zero-order valence-corrected chi connectivity index (χ0v) is 11.5. The van der Waals surface area contributed by atoms with Gasteiger partial charge in [0.1, 0.15) is 0 Å². The van der Waals surface area contributed by atoms with Crippen molar-refractivity contribution in [1.82, 2.24) is 4.90 Å². The average Bonchev–Trinajstić information content (AvgIpc) is 3.17. The molecular weight excluding hydrogens is 246 g/mol. The molecule has 1 aromatic carbocycles. The summed E-state index contributed by atoms with van der Waals surface area (Å²) in [4.78, 5) is 14.6. The lowest BCUT2D eigenvalue weighted by atomic mass is 10.2. The van der Waals surface area contributed by atoms with Gasteiger partial charge in [0.2, 0.25) is 0 Å². The van der Waals surface area contributed by atoms with Gasteiger partial charge in [0.05, 0.1) is 6.61 Å². The van der Waals surface area contributed by atoms with Crippen molar-refractivity contribution < 1.29 is 9.53 Å². The van der Waals surface area contributed by atoms with Crippen LogP contribution in [0.5, 0.6) is 0 Å². The zero-order valence-electron chi connectivity index (χ0n) is 10.6. The number of ether oxygens (including phenoxy) is 1. The first kappa shape index (κ1) is 13.4. The Morgan fingerprint density at radius 1 is 1.50 bits per heavy atom. The summed E-state index contributed by atoms with van der Waals surface area (Å²) in [6.07, 6.45) is 2.59. The molecule has 98 valence electrons. The number of carbonyl (C=O) groups is 1. The van der Waals surface area contributed by atoms with Crippen LogP contribution >= 0.6 is 12.6 Å². The zero-order chi connectivity index (χ0) is 13.0. The minimum absolute atomic E-state index is 0.0147. The third-order valence-corrected chi connectivity index (χ3v) is 3.34. The van der Waals surface area contributed by atoms with E-state index in [9.17, 15) is 4.79 Å². The Hall–Kier alpha value is -1.00. The summed E-state index contributed by atoms with van der Waals surface area (Å²) in [7, 11) is 1.80. The van der Waals surface area contributed by atoms with Crippen LogP contribution in [0.15, 0.2) is 29.2 Å². The quantitative estimate of drug-likeness (QED) is 0.632. The molecule has 0 bridgehead atoms. The molecule has 0 aliphatic heterocycles. The van der Waals surface area contributed by atoms with E-state index in [0.29, 0.717) is 18.7 Å². The summed E-state index contributed by atoms with van der Waals surface area (Å²) in [5.41, 5.74) is 0.673. The first-order valence-electron chi connectivity index (χ1n) is 6.29. The molecule has 0 spiro atoms. The van der Waals surface area contributed by atoms with Crippen LogP contribution < -0.4 is 0 Å². The third kappa shape index (κ3) is 4.03. The number of rotatable bonds is 6. The predicted octanol–water partition coefficient (Wildman–Crippen LogP) is 2.47. The van der Waals surface area contributed by atoms with E-state index in [0.717, 1.165) is 17.4 Å². The Balaban J connectivity index is 1.76. The second-order valence-electron chi connectivity index (χ2n) is 4.80. The van der Waals surface area contributed by atoms with Gasteiger partial charge in [0, 0.05) is 30.7 Å². The van der Waals surface area contributed by atoms with Gasteiger partial charge in [0.15, 0.2) is 0 Å². The molecule has 0 radical (unpaired) electrons. The molecule has 1 aliphatic rings. The van der Waals surface area contributed by atoms with Gasteiger partial charge >= 0.3 is 0 Å². The van der Waals surface area contributed by atoms with Crippen molar-refractivity contribution >= 4 is 18.5 Å². The van der Waals surface area contributed by atoms with Crippen molar-refractivity contribution in [2.75, 3.05) is 26.8 Å². The summed E-state index contributed by atoms with van der Waals surface area (Å²) in [5.74, 6) is 0.785. The summed E-state index contributed by atoms with van der Waals surface area (Å²) in [6.45, 7) is 2.08. The van der Waals surface area contributed by atoms with Crippen molar-refractivity contribution in [2.45, 2.75) is 17.7 Å². The van der Waals surface area contributed by atoms with E-state index in [1.165, 1.54) is 12.8 Å². The van der Waals surface area contributed by atoms with Crippen molar-refractivity contribution in [3.05, 3.63) is 29.8 Å². The van der Waals surface area contributed by atoms with E-state index in [1.54, 1.807) is 18.0 Å². The third-order valence-electron chi connectivity index (χ3n) is 3.06. The maximum atomic E-state index is 12.1. The van der Waals surface area contributed by atoms with E-state index in [-0.39, 0.29) is 5.91 Å². The molecule has 1 fully saturated rings. The number of carbonyl (C=O) groups excluding carboxylic acids is 1. The Labute approximate surface area is 114 Å². The summed E-state index contributed by atoms with van der Waals surface area (Å²) in [6, 6.07) is 7.29. The Bertz CT molecular complexity index is 418. The van der Waals surface area contributed by atoms with Gasteiger partial charge in [-0.05, 0) is 37.0 Å². The van der Waals surface area contributed by atoms with Crippen molar-refractivity contribution in [1.29, 1.82) is 0 Å². The Morgan fingerprint density at radius 3 is 2.94 bits per heavy atom. The first-order valence-corrected chi connectivity index (χ1v) is 6.74. The molecule has 0 atom stereocenters. The summed E-state index contributed by atoms with van der Waals surface area (Å²) in [5, 5.41) is 0. The van der Waals surface area contributed by atoms with E-state index in [2.05, 4.69) is 12.6 Å². The smallest absolute Gasteiger partial charge is 0.253 e. The summed E-state index contributed by atoms with van der Waals surface area (Å²) >= 11 is 4.24. The van der Waals surface area contributed by atoms with Crippen molar-refractivity contribution in [3.8, 4) is 0 Å². The van der Waals surface area contributed by atoms with E-state index < -0.39 is 0 Å². The lowest BCUT2D eigenvalue weighted by Gasteiger charge is -2.17. The fraction of sp³-hybridized carbons (Fsp3) is 0.500. The lowest BCUT2D eigenvalue weighted by molar-refractivity contribution is 0.0681. The number of likely N-dealkylation sites (N-methyl/N-ethyl adjacent to an activating group) is 1. The second-order valence-corrected chi connectivity index (χ2v) is 5.31. The standard InChI is InChI=1S/C14H19NO2S/c1-15(7-8-17-10-11-5-6-11)14(16)12-3-2-4-13(18)9-12/h2-4,9,11,18H,5-8,10H2,1H3. The SMILES string of the molecule is CN(CCOCC1CC1)C(=O)c1cccc(S)c1. The minimum atomic E-state index is 0.0147. The normalized spacial score (nSPS) is 14.6. The number of hydrogen-bond acceptors (Lipinski definition) is 3. The van der Waals surface area contributed by atoms with Crippen LogP contribution in [-0.4, -0.2) is 37.6 Å². The van der Waals surface area contributed by atoms with Crippen LogP contribution in [0.3, 0.4) is 0 Å². The van der Waals surface area contributed by atoms with Crippen molar-refractivity contribution in [3.63, 3.8) is 0 Å². The maximum Gasteiger partial charge on any atom is 0.253 e. The molecule has 1 saturated carbocycles. The summed E-state index contributed by atoms with van der Waals surface area (Å²) < 4.78 is 5.53. The van der Waals surface area contributed by atoms with Crippen molar-refractivity contribution in [2.24, 2.45) is 5.92 Å². The number of amides is 1. The topological polar surface area (TPSA) is 29.5 Å². The molecular formula is C14H19NO2S. The molecule has 18 heavy (non-hydrogen) atoms. The monoisotopic (exact) mass is 265 g/mol. The molecule has 4 heteroatoms. The minimum Gasteiger partial charge on any atom is -0.379 e. The second kappa shape index (κ2) is 6.25. The van der Waals surface area contributed by atoms with Crippen LogP contribution in [0.1, 0.15) is 23.2 Å². The van der Waals surface area contributed by atoms with Gasteiger partial charge in [-0.1, -0.05) is 6.07 Å². The molecule has 1 aliphatic carbocycles. The highest BCUT2D eigenvalue weighted by Gasteiger charge is 2.21. The molecule has 0 aromatic heterocycles. The van der Waals surface area contributed by atoms with Gasteiger partial charge in [-0.25, -0.2) is 0 Å². The first-order chi connectivity index (χ1) is 8.66. The molecule has 0 N–H and O–H groups in total. The van der Waals surface area contributed by atoms with Crippen LogP contribution in [0, 0.1) is 5.92 Å². The molecule has 1 amide bonds. The highest BCUT2D eigenvalue weighted by molar-refractivity contribution is 7.80.